The fraction of sp³-hybridized carbons (Fsp3) is 0.500. The van der Waals surface area contributed by atoms with E-state index < -0.39 is 125 Å². The van der Waals surface area contributed by atoms with Gasteiger partial charge in [-0.1, -0.05) is 87.5 Å². The molecule has 1 amide bonds. The summed E-state index contributed by atoms with van der Waals surface area (Å²) in [6.07, 6.45) is -10.0. The maximum atomic E-state index is 15.7. The first-order chi connectivity index (χ1) is 34.2. The van der Waals surface area contributed by atoms with Gasteiger partial charge in [0.05, 0.1) is 42.8 Å². The molecule has 0 spiro atoms. The van der Waals surface area contributed by atoms with Crippen LogP contribution in [0.15, 0.2) is 102 Å². The maximum Gasteiger partial charge on any atom is 0.350 e. The highest BCUT2D eigenvalue weighted by Gasteiger charge is 2.78. The van der Waals surface area contributed by atoms with Crippen LogP contribution in [0.25, 0.3) is 0 Å². The number of rotatable bonds is 18. The van der Waals surface area contributed by atoms with Gasteiger partial charge in [-0.25, -0.2) is 14.4 Å². The fourth-order valence-electron chi connectivity index (χ4n) is 11.0. The van der Waals surface area contributed by atoms with E-state index in [4.69, 9.17) is 37.9 Å². The minimum absolute atomic E-state index is 0.0151. The van der Waals surface area contributed by atoms with E-state index in [0.29, 0.717) is 12.2 Å². The second-order valence-electron chi connectivity index (χ2n) is 19.5. The van der Waals surface area contributed by atoms with E-state index in [-0.39, 0.29) is 48.5 Å². The van der Waals surface area contributed by atoms with Crippen LogP contribution in [0, 0.1) is 16.7 Å². The van der Waals surface area contributed by atoms with Gasteiger partial charge in [-0.3, -0.25) is 19.2 Å². The van der Waals surface area contributed by atoms with Gasteiger partial charge < -0.3 is 53.4 Å². The number of benzene rings is 3. The predicted molar refractivity (Wildman–Crippen MR) is 253 cm³/mol. The summed E-state index contributed by atoms with van der Waals surface area (Å²) in [4.78, 5) is 99.4. The molecule has 0 aromatic heterocycles. The van der Waals surface area contributed by atoms with Crippen molar-refractivity contribution in [1.82, 2.24) is 5.32 Å². The molecule has 1 heterocycles. The Hall–Kier alpha value is -6.31. The van der Waals surface area contributed by atoms with Crippen molar-refractivity contribution >= 4 is 41.5 Å². The van der Waals surface area contributed by atoms with Gasteiger partial charge in [0, 0.05) is 44.3 Å². The summed E-state index contributed by atoms with van der Waals surface area (Å²) in [5, 5.41) is 29.0. The number of ketones is 1. The van der Waals surface area contributed by atoms with Crippen molar-refractivity contribution in [2.75, 3.05) is 33.0 Å². The number of Topliss-reactive ketones (excluding diaryl/α,β-unsaturated/α-hetero) is 1. The molecule has 2 saturated carbocycles. The van der Waals surface area contributed by atoms with E-state index in [1.165, 1.54) is 26.0 Å². The number of aliphatic hydroxyl groups excluding tert-OH is 1. The third-order valence-corrected chi connectivity index (χ3v) is 14.7. The molecule has 2 bridgehead atoms. The van der Waals surface area contributed by atoms with E-state index in [1.54, 1.807) is 92.7 Å². The number of aliphatic hydroxyl groups is 2. The number of amides is 1. The molecular weight excluding hydrogens is 935 g/mol. The van der Waals surface area contributed by atoms with Crippen molar-refractivity contribution in [3.8, 4) is 0 Å². The molecule has 7 rings (SSSR count). The van der Waals surface area contributed by atoms with E-state index in [9.17, 15) is 34.2 Å². The van der Waals surface area contributed by atoms with Crippen molar-refractivity contribution in [1.29, 1.82) is 0 Å². The average molecular weight is 998 g/mol. The number of hydrogen-bond acceptors (Lipinski definition) is 17. The summed E-state index contributed by atoms with van der Waals surface area (Å²) in [5.41, 5.74) is -7.44. The third kappa shape index (κ3) is 10.2. The molecule has 4 aliphatic rings. The molecule has 3 aromatic rings. The molecular formula is C54H63NO17. The Balaban J connectivity index is 1.39. The van der Waals surface area contributed by atoms with Crippen LogP contribution in [-0.4, -0.2) is 133 Å². The molecule has 3 aromatic carbocycles. The first-order valence-corrected chi connectivity index (χ1v) is 24.1. The minimum atomic E-state index is -2.47. The number of nitrogens with one attached hydrogen (secondary N) is 1. The van der Waals surface area contributed by atoms with Crippen molar-refractivity contribution in [3.05, 3.63) is 119 Å². The number of fused-ring (bicyclic) bond motifs is 5. The van der Waals surface area contributed by atoms with Crippen molar-refractivity contribution < 1.29 is 81.7 Å². The van der Waals surface area contributed by atoms with Crippen LogP contribution >= 0.6 is 0 Å². The highest BCUT2D eigenvalue weighted by atomic mass is 16.6. The first kappa shape index (κ1) is 53.5. The summed E-state index contributed by atoms with van der Waals surface area (Å²) in [6.45, 7) is 9.85. The zero-order valence-corrected chi connectivity index (χ0v) is 41.5. The smallest absolute Gasteiger partial charge is 0.350 e. The summed E-state index contributed by atoms with van der Waals surface area (Å²) in [6, 6.07) is 22.7. The standard InChI is InChI=1S/C54H63NO17/c1-8-24-65-25-26-66-29-40(59)70-44(42(34-18-12-9-13-19-34)55-48(61)35-20-14-10-15-21-35)50(63)69-37-28-54(64)47(71-49(62)36-22-16-11-17-23-36)45-52(7,38(58)27-39-53(45,30-67-39)72-33(4)57)46(60)43(68-32(3)56)41(31(37)2)51(54,5)6/h9-23,37-39,42-45,47,58,64H,8,24-30H2,1-7H3,(H,55,61)/t37-,38-,39+,42-,43+,44+,45-,47-,52+,53-,54+/m0/s1. The van der Waals surface area contributed by atoms with E-state index >= 15 is 9.59 Å². The molecule has 11 atom stereocenters. The number of carbonyl (C=O) groups is 7. The Morgan fingerprint density at radius 1 is 0.806 bits per heavy atom. The van der Waals surface area contributed by atoms with E-state index in [0.717, 1.165) is 20.3 Å². The summed E-state index contributed by atoms with van der Waals surface area (Å²) in [7, 11) is 0. The van der Waals surface area contributed by atoms with Gasteiger partial charge in [-0.15, -0.1) is 0 Å². The molecule has 1 saturated heterocycles. The second-order valence-corrected chi connectivity index (χ2v) is 19.5. The highest BCUT2D eigenvalue weighted by molar-refractivity contribution is 5.96. The Morgan fingerprint density at radius 2 is 1.42 bits per heavy atom. The number of hydrogen-bond donors (Lipinski definition) is 3. The summed E-state index contributed by atoms with van der Waals surface area (Å²) in [5.74, 6) is -8.05. The van der Waals surface area contributed by atoms with Gasteiger partial charge in [0.2, 0.25) is 6.10 Å². The summed E-state index contributed by atoms with van der Waals surface area (Å²) < 4.78 is 47.7. The van der Waals surface area contributed by atoms with Gasteiger partial charge in [-0.2, -0.15) is 0 Å². The van der Waals surface area contributed by atoms with Gasteiger partial charge >= 0.3 is 29.8 Å². The van der Waals surface area contributed by atoms with Crippen LogP contribution in [0.4, 0.5) is 0 Å². The normalized spacial score (nSPS) is 29.0. The van der Waals surface area contributed by atoms with Crippen LogP contribution in [0.1, 0.15) is 100 Å². The van der Waals surface area contributed by atoms with Crippen LogP contribution in [0.2, 0.25) is 0 Å². The molecule has 3 fully saturated rings. The lowest BCUT2D eigenvalue weighted by Crippen LogP contribution is -2.82. The molecule has 3 aliphatic carbocycles. The molecule has 72 heavy (non-hydrogen) atoms. The molecule has 18 heteroatoms. The molecule has 1 aliphatic heterocycles. The molecule has 0 radical (unpaired) electrons. The topological polar surface area (TPSA) is 246 Å². The number of carbonyl (C=O) groups excluding carboxylic acids is 7. The first-order valence-electron chi connectivity index (χ1n) is 24.1. The van der Waals surface area contributed by atoms with Crippen LogP contribution < -0.4 is 5.32 Å². The van der Waals surface area contributed by atoms with Crippen molar-refractivity contribution in [2.24, 2.45) is 16.7 Å². The largest absolute Gasteiger partial charge is 0.455 e. The minimum Gasteiger partial charge on any atom is -0.455 e. The Labute approximate surface area is 417 Å². The Kier molecular flexibility index (Phi) is 16.2. The zero-order chi connectivity index (χ0) is 52.2. The number of esters is 5. The Bertz CT molecular complexity index is 2530. The lowest BCUT2D eigenvalue weighted by atomic mass is 9.44. The van der Waals surface area contributed by atoms with Crippen molar-refractivity contribution in [2.45, 2.75) is 122 Å². The average Bonchev–Trinajstić information content (AvgIpc) is 3.35. The van der Waals surface area contributed by atoms with E-state index in [2.05, 4.69) is 5.32 Å². The maximum absolute atomic E-state index is 15.7. The zero-order valence-electron chi connectivity index (χ0n) is 41.5. The summed E-state index contributed by atoms with van der Waals surface area (Å²) >= 11 is 0. The lowest BCUT2D eigenvalue weighted by molar-refractivity contribution is -0.346. The monoisotopic (exact) mass is 997 g/mol. The quantitative estimate of drug-likeness (QED) is 0.0675. The molecule has 386 valence electrons. The lowest BCUT2D eigenvalue weighted by Gasteiger charge is -2.67. The molecule has 3 N–H and O–H groups in total. The number of ether oxygens (including phenoxy) is 8. The SMILES string of the molecule is CCCOCCOCC(=O)O[C@@H](C(=O)O[C@H]1C[C@@]2(O)[C@@H](OC(=O)c3ccccc3)[C@@H]3[C@]4(OC(C)=O)CO[C@@H]4C[C@H](O)[C@@]3(C)C(=O)[C@H](OC(C)=O)C(=C1C)C2(C)C)[C@@H](NC(=O)c1ccccc1)c1ccccc1. The van der Waals surface area contributed by atoms with Crippen molar-refractivity contribution in [3.63, 3.8) is 0 Å². The molecule has 0 unspecified atom stereocenters. The Morgan fingerprint density at radius 3 is 2.00 bits per heavy atom. The second kappa shape index (κ2) is 21.8. The van der Waals surface area contributed by atoms with E-state index in [1.807, 2.05) is 6.92 Å². The van der Waals surface area contributed by atoms with Gasteiger partial charge in [0.15, 0.2) is 17.5 Å². The van der Waals surface area contributed by atoms with Gasteiger partial charge in [-0.05, 0) is 61.2 Å². The molecule has 18 nitrogen and oxygen atoms in total. The van der Waals surface area contributed by atoms with Crippen LogP contribution in [0.3, 0.4) is 0 Å². The van der Waals surface area contributed by atoms with Crippen LogP contribution in [-0.2, 0) is 61.9 Å². The fourth-order valence-corrected chi connectivity index (χ4v) is 11.0. The van der Waals surface area contributed by atoms with Gasteiger partial charge in [0.1, 0.15) is 36.6 Å². The van der Waals surface area contributed by atoms with Crippen LogP contribution in [0.5, 0.6) is 0 Å². The predicted octanol–water partition coefficient (Wildman–Crippen LogP) is 4.73. The highest BCUT2D eigenvalue weighted by Crippen LogP contribution is 2.64. The van der Waals surface area contributed by atoms with Gasteiger partial charge in [0.25, 0.3) is 5.91 Å². The third-order valence-electron chi connectivity index (χ3n) is 14.7.